The topological polar surface area (TPSA) is 49.4 Å². The first-order valence-electron chi connectivity index (χ1n) is 7.14. The molecule has 1 saturated carbocycles. The SMILES string of the molecule is Cc1cc(CN2C(=O)C(C3CC3)NC(=O)C2C)sc1C. The maximum Gasteiger partial charge on any atom is 0.246 e. The highest BCUT2D eigenvalue weighted by Crippen LogP contribution is 2.35. The lowest BCUT2D eigenvalue weighted by Crippen LogP contribution is -2.62. The second-order valence-corrected chi connectivity index (χ2v) is 7.26. The van der Waals surface area contributed by atoms with Gasteiger partial charge in [-0.25, -0.2) is 0 Å². The Bertz CT molecular complexity index is 543. The quantitative estimate of drug-likeness (QED) is 0.926. The van der Waals surface area contributed by atoms with Gasteiger partial charge in [-0.05, 0) is 51.2 Å². The molecule has 1 aromatic rings. The molecule has 0 bridgehead atoms. The summed E-state index contributed by atoms with van der Waals surface area (Å²) in [6.07, 6.45) is 2.10. The van der Waals surface area contributed by atoms with Crippen molar-refractivity contribution in [3.63, 3.8) is 0 Å². The van der Waals surface area contributed by atoms with Crippen molar-refractivity contribution < 1.29 is 9.59 Å². The maximum atomic E-state index is 12.6. The van der Waals surface area contributed by atoms with Crippen molar-refractivity contribution in [1.82, 2.24) is 10.2 Å². The minimum Gasteiger partial charge on any atom is -0.342 e. The molecule has 2 aliphatic rings. The van der Waals surface area contributed by atoms with Crippen LogP contribution < -0.4 is 5.32 Å². The summed E-state index contributed by atoms with van der Waals surface area (Å²) in [4.78, 5) is 28.8. The first-order chi connectivity index (χ1) is 9.47. The van der Waals surface area contributed by atoms with Gasteiger partial charge >= 0.3 is 0 Å². The number of carbonyl (C=O) groups excluding carboxylic acids is 2. The van der Waals surface area contributed by atoms with Crippen LogP contribution in [0.1, 0.15) is 35.1 Å². The number of thiophene rings is 1. The zero-order valence-corrected chi connectivity index (χ0v) is 12.9. The zero-order chi connectivity index (χ0) is 14.4. The molecule has 5 heteroatoms. The van der Waals surface area contributed by atoms with Gasteiger partial charge in [0.05, 0.1) is 6.54 Å². The molecule has 0 radical (unpaired) electrons. The Balaban J connectivity index is 1.81. The highest BCUT2D eigenvalue weighted by Gasteiger charge is 2.45. The molecule has 0 aromatic carbocycles. The van der Waals surface area contributed by atoms with Crippen LogP contribution in [0.5, 0.6) is 0 Å². The lowest BCUT2D eigenvalue weighted by Gasteiger charge is -2.37. The fourth-order valence-electron chi connectivity index (χ4n) is 2.71. The van der Waals surface area contributed by atoms with Gasteiger partial charge in [0.1, 0.15) is 12.1 Å². The number of piperazine rings is 1. The van der Waals surface area contributed by atoms with Crippen LogP contribution in [0.25, 0.3) is 0 Å². The van der Waals surface area contributed by atoms with Crippen LogP contribution in [0.3, 0.4) is 0 Å². The predicted octanol–water partition coefficient (Wildman–Crippen LogP) is 1.99. The van der Waals surface area contributed by atoms with Crippen molar-refractivity contribution in [3.8, 4) is 0 Å². The number of amides is 2. The summed E-state index contributed by atoms with van der Waals surface area (Å²) in [5.41, 5.74) is 1.25. The Labute approximate surface area is 123 Å². The van der Waals surface area contributed by atoms with E-state index >= 15 is 0 Å². The van der Waals surface area contributed by atoms with E-state index in [0.717, 1.165) is 17.7 Å². The Kier molecular flexibility index (Phi) is 3.32. The number of rotatable bonds is 3. The second kappa shape index (κ2) is 4.88. The van der Waals surface area contributed by atoms with E-state index in [4.69, 9.17) is 0 Å². The molecule has 2 unspecified atom stereocenters. The van der Waals surface area contributed by atoms with E-state index in [2.05, 4.69) is 25.2 Å². The van der Waals surface area contributed by atoms with Crippen LogP contribution in [0.15, 0.2) is 6.07 Å². The highest BCUT2D eigenvalue weighted by atomic mass is 32.1. The number of nitrogens with zero attached hydrogens (tertiary/aromatic N) is 1. The molecule has 3 rings (SSSR count). The van der Waals surface area contributed by atoms with Gasteiger partial charge in [-0.3, -0.25) is 9.59 Å². The monoisotopic (exact) mass is 292 g/mol. The standard InChI is InChI=1S/C15H20N2O2S/c1-8-6-12(20-10(8)3)7-17-9(2)14(18)16-13(15(17)19)11-4-5-11/h6,9,11,13H,4-5,7H2,1-3H3,(H,16,18). The molecule has 1 aliphatic carbocycles. The van der Waals surface area contributed by atoms with Crippen LogP contribution in [-0.4, -0.2) is 28.8 Å². The fraction of sp³-hybridized carbons (Fsp3) is 0.600. The Morgan fingerprint density at radius 1 is 1.35 bits per heavy atom. The van der Waals surface area contributed by atoms with Crippen molar-refractivity contribution in [2.45, 2.75) is 52.2 Å². The molecule has 2 fully saturated rings. The van der Waals surface area contributed by atoms with Crippen LogP contribution in [0, 0.1) is 19.8 Å². The summed E-state index contributed by atoms with van der Waals surface area (Å²) < 4.78 is 0. The smallest absolute Gasteiger partial charge is 0.246 e. The van der Waals surface area contributed by atoms with Gasteiger partial charge in [-0.1, -0.05) is 0 Å². The molecule has 2 heterocycles. The molecule has 1 saturated heterocycles. The van der Waals surface area contributed by atoms with E-state index in [0.29, 0.717) is 12.5 Å². The summed E-state index contributed by atoms with van der Waals surface area (Å²) in [7, 11) is 0. The van der Waals surface area contributed by atoms with Crippen LogP contribution in [0.2, 0.25) is 0 Å². The first-order valence-corrected chi connectivity index (χ1v) is 7.96. The van der Waals surface area contributed by atoms with Crippen LogP contribution in [0.4, 0.5) is 0 Å². The summed E-state index contributed by atoms with van der Waals surface area (Å²) >= 11 is 1.71. The van der Waals surface area contributed by atoms with Gasteiger partial charge in [0.15, 0.2) is 0 Å². The van der Waals surface area contributed by atoms with E-state index in [1.807, 2.05) is 6.92 Å². The van der Waals surface area contributed by atoms with Gasteiger partial charge < -0.3 is 10.2 Å². The molecule has 108 valence electrons. The number of aryl methyl sites for hydroxylation is 2. The summed E-state index contributed by atoms with van der Waals surface area (Å²) in [6, 6.07) is 1.46. The van der Waals surface area contributed by atoms with Crippen LogP contribution >= 0.6 is 11.3 Å². The Morgan fingerprint density at radius 2 is 2.05 bits per heavy atom. The fourth-order valence-corrected chi connectivity index (χ4v) is 3.76. The van der Waals surface area contributed by atoms with E-state index in [1.165, 1.54) is 10.4 Å². The number of hydrogen-bond donors (Lipinski definition) is 1. The molecule has 1 aromatic heterocycles. The van der Waals surface area contributed by atoms with Crippen LogP contribution in [-0.2, 0) is 16.1 Å². The molecule has 20 heavy (non-hydrogen) atoms. The van der Waals surface area contributed by atoms with Gasteiger partial charge in [0.2, 0.25) is 11.8 Å². The number of carbonyl (C=O) groups is 2. The Morgan fingerprint density at radius 3 is 2.60 bits per heavy atom. The molecule has 0 spiro atoms. The van der Waals surface area contributed by atoms with Gasteiger partial charge in [-0.15, -0.1) is 11.3 Å². The van der Waals surface area contributed by atoms with E-state index in [-0.39, 0.29) is 23.9 Å². The largest absolute Gasteiger partial charge is 0.342 e. The highest BCUT2D eigenvalue weighted by molar-refractivity contribution is 7.12. The van der Waals surface area contributed by atoms with Crippen molar-refractivity contribution in [2.75, 3.05) is 0 Å². The van der Waals surface area contributed by atoms with Gasteiger partial charge in [0.25, 0.3) is 0 Å². The Hall–Kier alpha value is -1.36. The van der Waals surface area contributed by atoms with Crippen molar-refractivity contribution >= 4 is 23.2 Å². The average Bonchev–Trinajstić information content (AvgIpc) is 3.18. The summed E-state index contributed by atoms with van der Waals surface area (Å²) in [5.74, 6) is 0.420. The molecule has 2 atom stereocenters. The molecular formula is C15H20N2O2S. The predicted molar refractivity (Wildman–Crippen MR) is 78.5 cm³/mol. The lowest BCUT2D eigenvalue weighted by molar-refractivity contribution is -0.149. The number of hydrogen-bond acceptors (Lipinski definition) is 3. The third-order valence-electron chi connectivity index (χ3n) is 4.33. The normalized spacial score (nSPS) is 26.9. The van der Waals surface area contributed by atoms with Crippen molar-refractivity contribution in [1.29, 1.82) is 0 Å². The maximum absolute atomic E-state index is 12.6. The molecule has 4 nitrogen and oxygen atoms in total. The molecule has 2 amide bonds. The zero-order valence-electron chi connectivity index (χ0n) is 12.1. The third-order valence-corrected chi connectivity index (χ3v) is 5.47. The van der Waals surface area contributed by atoms with Crippen molar-refractivity contribution in [3.05, 3.63) is 21.4 Å². The molecule has 1 aliphatic heterocycles. The average molecular weight is 292 g/mol. The summed E-state index contributed by atoms with van der Waals surface area (Å²) in [6.45, 7) is 6.53. The number of nitrogens with one attached hydrogen (secondary N) is 1. The first kappa shape index (κ1) is 13.6. The third kappa shape index (κ3) is 2.35. The minimum absolute atomic E-state index is 0.0218. The van der Waals surface area contributed by atoms with Crippen molar-refractivity contribution in [2.24, 2.45) is 5.92 Å². The van der Waals surface area contributed by atoms with Gasteiger partial charge in [-0.2, -0.15) is 0 Å². The van der Waals surface area contributed by atoms with E-state index in [9.17, 15) is 9.59 Å². The van der Waals surface area contributed by atoms with E-state index in [1.54, 1.807) is 16.2 Å². The minimum atomic E-state index is -0.375. The van der Waals surface area contributed by atoms with Gasteiger partial charge in [0, 0.05) is 9.75 Å². The second-order valence-electron chi connectivity index (χ2n) is 5.92. The summed E-state index contributed by atoms with van der Waals surface area (Å²) in [5, 5.41) is 2.88. The lowest BCUT2D eigenvalue weighted by atomic mass is 10.0. The van der Waals surface area contributed by atoms with E-state index < -0.39 is 0 Å². The molecule has 1 N–H and O–H groups in total. The molecular weight excluding hydrogens is 272 g/mol.